The summed E-state index contributed by atoms with van der Waals surface area (Å²) in [6.07, 6.45) is 0. The standard InChI is InChI=1S/C27H31N3O4/c1-3-33-15-16-34-25-14-8-13-24(18-25)30-26(31)19-28-23-12-7-11-22(17-23)27(32)29-20(2)21-9-5-4-6-10-21/h4-14,17-18,20,28H,3,15-16,19H2,1-2H3,(H,29,32)(H,30,31). The van der Waals surface area contributed by atoms with Crippen LogP contribution in [0.4, 0.5) is 11.4 Å². The number of carbonyl (C=O) groups is 2. The van der Waals surface area contributed by atoms with Crippen LogP contribution in [0, 0.1) is 0 Å². The average Bonchev–Trinajstić information content (AvgIpc) is 2.86. The van der Waals surface area contributed by atoms with E-state index >= 15 is 0 Å². The van der Waals surface area contributed by atoms with E-state index in [4.69, 9.17) is 9.47 Å². The predicted octanol–water partition coefficient (Wildman–Crippen LogP) is 4.64. The molecule has 0 aliphatic heterocycles. The summed E-state index contributed by atoms with van der Waals surface area (Å²) < 4.78 is 10.9. The van der Waals surface area contributed by atoms with E-state index in [0.29, 0.717) is 42.5 Å². The minimum absolute atomic E-state index is 0.0565. The lowest BCUT2D eigenvalue weighted by Gasteiger charge is -2.15. The number of hydrogen-bond donors (Lipinski definition) is 3. The maximum absolute atomic E-state index is 12.7. The summed E-state index contributed by atoms with van der Waals surface area (Å²) in [5.74, 6) is 0.276. The van der Waals surface area contributed by atoms with Gasteiger partial charge in [0.1, 0.15) is 12.4 Å². The van der Waals surface area contributed by atoms with Gasteiger partial charge in [-0.25, -0.2) is 0 Å². The maximum Gasteiger partial charge on any atom is 0.251 e. The first-order valence-corrected chi connectivity index (χ1v) is 11.4. The van der Waals surface area contributed by atoms with Gasteiger partial charge in [-0.05, 0) is 49.7 Å². The van der Waals surface area contributed by atoms with Crippen molar-refractivity contribution in [3.63, 3.8) is 0 Å². The number of carbonyl (C=O) groups excluding carboxylic acids is 2. The zero-order valence-corrected chi connectivity index (χ0v) is 19.5. The normalized spacial score (nSPS) is 11.4. The second-order valence-corrected chi connectivity index (χ2v) is 7.66. The third kappa shape index (κ3) is 7.94. The topological polar surface area (TPSA) is 88.7 Å². The first kappa shape index (κ1) is 24.8. The Morgan fingerprint density at radius 2 is 1.65 bits per heavy atom. The number of nitrogens with one attached hydrogen (secondary N) is 3. The lowest BCUT2D eigenvalue weighted by atomic mass is 10.1. The summed E-state index contributed by atoms with van der Waals surface area (Å²) in [6.45, 7) is 5.54. The molecule has 1 unspecified atom stereocenters. The molecule has 3 rings (SSSR count). The molecule has 0 saturated carbocycles. The molecule has 0 bridgehead atoms. The van der Waals surface area contributed by atoms with Gasteiger partial charge in [0.15, 0.2) is 0 Å². The Morgan fingerprint density at radius 3 is 2.44 bits per heavy atom. The molecule has 0 aliphatic carbocycles. The Hall–Kier alpha value is -3.84. The number of amides is 2. The van der Waals surface area contributed by atoms with Crippen LogP contribution in [0.1, 0.15) is 35.8 Å². The highest BCUT2D eigenvalue weighted by molar-refractivity contribution is 5.96. The molecular weight excluding hydrogens is 430 g/mol. The molecule has 7 heteroatoms. The molecule has 0 heterocycles. The SMILES string of the molecule is CCOCCOc1cccc(NC(=O)CNc2cccc(C(=O)NC(C)c3ccccc3)c2)c1. The van der Waals surface area contributed by atoms with Crippen LogP contribution in [-0.2, 0) is 9.53 Å². The molecule has 7 nitrogen and oxygen atoms in total. The highest BCUT2D eigenvalue weighted by atomic mass is 16.5. The molecular formula is C27H31N3O4. The van der Waals surface area contributed by atoms with Crippen LogP contribution in [-0.4, -0.2) is 38.2 Å². The van der Waals surface area contributed by atoms with Gasteiger partial charge in [0.25, 0.3) is 5.91 Å². The zero-order chi connectivity index (χ0) is 24.2. The van der Waals surface area contributed by atoms with Crippen molar-refractivity contribution in [2.75, 3.05) is 37.0 Å². The monoisotopic (exact) mass is 461 g/mol. The zero-order valence-electron chi connectivity index (χ0n) is 19.5. The highest BCUT2D eigenvalue weighted by Gasteiger charge is 2.12. The van der Waals surface area contributed by atoms with Gasteiger partial charge in [0.2, 0.25) is 5.91 Å². The fraction of sp³-hybridized carbons (Fsp3) is 0.259. The molecule has 3 aromatic carbocycles. The van der Waals surface area contributed by atoms with Gasteiger partial charge >= 0.3 is 0 Å². The summed E-state index contributed by atoms with van der Waals surface area (Å²) in [6, 6.07) is 24.0. The van der Waals surface area contributed by atoms with E-state index in [0.717, 1.165) is 5.56 Å². The lowest BCUT2D eigenvalue weighted by molar-refractivity contribution is -0.114. The van der Waals surface area contributed by atoms with Crippen molar-refractivity contribution in [3.8, 4) is 5.75 Å². The van der Waals surface area contributed by atoms with E-state index in [9.17, 15) is 9.59 Å². The third-order valence-electron chi connectivity index (χ3n) is 5.04. The average molecular weight is 462 g/mol. The van der Waals surface area contributed by atoms with E-state index in [1.807, 2.05) is 62.4 Å². The molecule has 2 amide bonds. The van der Waals surface area contributed by atoms with Gasteiger partial charge in [-0.1, -0.05) is 42.5 Å². The van der Waals surface area contributed by atoms with Crippen LogP contribution in [0.2, 0.25) is 0 Å². The van der Waals surface area contributed by atoms with E-state index in [2.05, 4.69) is 16.0 Å². The molecule has 0 fully saturated rings. The first-order valence-electron chi connectivity index (χ1n) is 11.4. The minimum atomic E-state index is -0.209. The van der Waals surface area contributed by atoms with Crippen LogP contribution >= 0.6 is 0 Å². The van der Waals surface area contributed by atoms with Gasteiger partial charge in [-0.2, -0.15) is 0 Å². The Morgan fingerprint density at radius 1 is 0.882 bits per heavy atom. The molecule has 0 radical (unpaired) electrons. The van der Waals surface area contributed by atoms with Crippen molar-refractivity contribution < 1.29 is 19.1 Å². The summed E-state index contributed by atoms with van der Waals surface area (Å²) in [7, 11) is 0. The summed E-state index contributed by atoms with van der Waals surface area (Å²) >= 11 is 0. The van der Waals surface area contributed by atoms with Crippen molar-refractivity contribution in [3.05, 3.63) is 90.0 Å². The van der Waals surface area contributed by atoms with Crippen molar-refractivity contribution in [2.24, 2.45) is 0 Å². The predicted molar refractivity (Wildman–Crippen MR) is 134 cm³/mol. The number of hydrogen-bond acceptors (Lipinski definition) is 5. The summed E-state index contributed by atoms with van der Waals surface area (Å²) in [5, 5.41) is 8.91. The highest BCUT2D eigenvalue weighted by Crippen LogP contribution is 2.18. The molecule has 0 aromatic heterocycles. The Balaban J connectivity index is 1.49. The summed E-state index contributed by atoms with van der Waals surface area (Å²) in [4.78, 5) is 25.1. The maximum atomic E-state index is 12.7. The van der Waals surface area contributed by atoms with Crippen LogP contribution in [0.3, 0.4) is 0 Å². The van der Waals surface area contributed by atoms with E-state index < -0.39 is 0 Å². The van der Waals surface area contributed by atoms with Crippen LogP contribution in [0.25, 0.3) is 0 Å². The number of benzene rings is 3. The Bertz CT molecular complexity index is 1070. The number of ether oxygens (including phenoxy) is 2. The van der Waals surface area contributed by atoms with Crippen molar-refractivity contribution in [2.45, 2.75) is 19.9 Å². The molecule has 1 atom stereocenters. The first-order chi connectivity index (χ1) is 16.5. The van der Waals surface area contributed by atoms with Crippen LogP contribution < -0.4 is 20.7 Å². The van der Waals surface area contributed by atoms with E-state index in [-0.39, 0.29) is 24.4 Å². The van der Waals surface area contributed by atoms with Gasteiger partial charge in [0, 0.05) is 29.6 Å². The number of anilines is 2. The Labute approximate surface area is 200 Å². The minimum Gasteiger partial charge on any atom is -0.491 e. The van der Waals surface area contributed by atoms with Crippen LogP contribution in [0.15, 0.2) is 78.9 Å². The molecule has 0 saturated heterocycles. The number of rotatable bonds is 12. The summed E-state index contributed by atoms with van der Waals surface area (Å²) in [5.41, 5.74) is 2.88. The van der Waals surface area contributed by atoms with Crippen LogP contribution in [0.5, 0.6) is 5.75 Å². The lowest BCUT2D eigenvalue weighted by Crippen LogP contribution is -2.26. The smallest absolute Gasteiger partial charge is 0.251 e. The fourth-order valence-electron chi connectivity index (χ4n) is 3.29. The molecule has 178 valence electrons. The van der Waals surface area contributed by atoms with E-state index in [1.54, 1.807) is 30.3 Å². The van der Waals surface area contributed by atoms with Crippen molar-refractivity contribution >= 4 is 23.2 Å². The molecule has 3 aromatic rings. The van der Waals surface area contributed by atoms with Gasteiger partial charge in [-0.3, -0.25) is 9.59 Å². The molecule has 0 spiro atoms. The van der Waals surface area contributed by atoms with Crippen molar-refractivity contribution in [1.29, 1.82) is 0 Å². The molecule has 3 N–H and O–H groups in total. The quantitative estimate of drug-likeness (QED) is 0.342. The van der Waals surface area contributed by atoms with Gasteiger partial charge < -0.3 is 25.4 Å². The van der Waals surface area contributed by atoms with Gasteiger partial charge in [-0.15, -0.1) is 0 Å². The molecule has 0 aliphatic rings. The second kappa shape index (κ2) is 13.0. The third-order valence-corrected chi connectivity index (χ3v) is 5.04. The van der Waals surface area contributed by atoms with E-state index in [1.165, 1.54) is 0 Å². The fourth-order valence-corrected chi connectivity index (χ4v) is 3.29. The second-order valence-electron chi connectivity index (χ2n) is 7.66. The van der Waals surface area contributed by atoms with Crippen molar-refractivity contribution in [1.82, 2.24) is 5.32 Å². The van der Waals surface area contributed by atoms with Gasteiger partial charge in [0.05, 0.1) is 19.2 Å². The largest absolute Gasteiger partial charge is 0.491 e. The Kier molecular flexibility index (Phi) is 9.49. The molecule has 34 heavy (non-hydrogen) atoms.